The third-order valence-corrected chi connectivity index (χ3v) is 3.32. The van der Waals surface area contributed by atoms with Crippen molar-refractivity contribution in [3.63, 3.8) is 0 Å². The van der Waals surface area contributed by atoms with Crippen LogP contribution in [0.5, 0.6) is 0 Å². The fraction of sp³-hybridized carbons (Fsp3) is 0.0588. The molecule has 0 spiro atoms. The van der Waals surface area contributed by atoms with Crippen LogP contribution in [0, 0.1) is 5.82 Å². The highest BCUT2D eigenvalue weighted by molar-refractivity contribution is 6.05. The number of hydrogen-bond donors (Lipinski definition) is 0. The summed E-state index contributed by atoms with van der Waals surface area (Å²) in [6.45, 7) is 1.48. The maximum Gasteiger partial charge on any atom is 0.160 e. The molecule has 0 aliphatic carbocycles. The third-order valence-electron chi connectivity index (χ3n) is 3.32. The van der Waals surface area contributed by atoms with Crippen LogP contribution in [0.4, 0.5) is 4.39 Å². The van der Waals surface area contributed by atoms with Crippen molar-refractivity contribution in [1.82, 2.24) is 4.98 Å². The lowest BCUT2D eigenvalue weighted by molar-refractivity contribution is 0.101. The van der Waals surface area contributed by atoms with Crippen molar-refractivity contribution in [2.24, 2.45) is 0 Å². The standard InChI is InChI=1S/C17H12FNO/c1-11(20)14-7-6-13(18)8-16(14)17-10-19-9-12-4-2-3-5-15(12)17/h2-10H,1H3. The smallest absolute Gasteiger partial charge is 0.160 e. The summed E-state index contributed by atoms with van der Waals surface area (Å²) in [5.41, 5.74) is 1.86. The van der Waals surface area contributed by atoms with Gasteiger partial charge >= 0.3 is 0 Å². The molecule has 0 unspecified atom stereocenters. The van der Waals surface area contributed by atoms with Crippen LogP contribution in [-0.2, 0) is 0 Å². The molecular formula is C17H12FNO. The highest BCUT2D eigenvalue weighted by atomic mass is 19.1. The summed E-state index contributed by atoms with van der Waals surface area (Å²) in [6.07, 6.45) is 3.43. The average Bonchev–Trinajstić information content (AvgIpc) is 2.46. The van der Waals surface area contributed by atoms with Gasteiger partial charge in [0.15, 0.2) is 5.78 Å². The van der Waals surface area contributed by atoms with Gasteiger partial charge in [0, 0.05) is 28.9 Å². The summed E-state index contributed by atoms with van der Waals surface area (Å²) >= 11 is 0. The molecule has 0 atom stereocenters. The van der Waals surface area contributed by atoms with E-state index in [1.807, 2.05) is 24.3 Å². The Labute approximate surface area is 115 Å². The molecule has 2 aromatic carbocycles. The van der Waals surface area contributed by atoms with Gasteiger partial charge < -0.3 is 0 Å². The number of rotatable bonds is 2. The van der Waals surface area contributed by atoms with Gasteiger partial charge in [-0.1, -0.05) is 24.3 Å². The molecular weight excluding hydrogens is 253 g/mol. The van der Waals surface area contributed by atoms with Gasteiger partial charge in [-0.25, -0.2) is 4.39 Å². The number of carbonyl (C=O) groups is 1. The molecule has 2 nitrogen and oxygen atoms in total. The molecule has 0 bridgehead atoms. The van der Waals surface area contributed by atoms with Gasteiger partial charge in [-0.3, -0.25) is 9.78 Å². The number of hydrogen-bond acceptors (Lipinski definition) is 2. The van der Waals surface area contributed by atoms with Crippen LogP contribution in [0.3, 0.4) is 0 Å². The predicted octanol–water partition coefficient (Wildman–Crippen LogP) is 4.24. The first-order valence-electron chi connectivity index (χ1n) is 6.30. The van der Waals surface area contributed by atoms with Gasteiger partial charge in [-0.05, 0) is 36.1 Å². The molecule has 0 N–H and O–H groups in total. The first-order chi connectivity index (χ1) is 9.66. The first-order valence-corrected chi connectivity index (χ1v) is 6.30. The number of Topliss-reactive ketones (excluding diaryl/α,β-unsaturated/α-hetero) is 1. The number of ketones is 1. The number of pyridine rings is 1. The zero-order valence-corrected chi connectivity index (χ0v) is 10.9. The molecule has 0 radical (unpaired) electrons. The van der Waals surface area contributed by atoms with Crippen molar-refractivity contribution in [2.75, 3.05) is 0 Å². The van der Waals surface area contributed by atoms with Crippen molar-refractivity contribution < 1.29 is 9.18 Å². The van der Waals surface area contributed by atoms with E-state index in [9.17, 15) is 9.18 Å². The largest absolute Gasteiger partial charge is 0.294 e. The Morgan fingerprint density at radius 1 is 1.05 bits per heavy atom. The van der Waals surface area contributed by atoms with Crippen LogP contribution in [-0.4, -0.2) is 10.8 Å². The van der Waals surface area contributed by atoms with Gasteiger partial charge in [0.2, 0.25) is 0 Å². The molecule has 0 fully saturated rings. The Bertz CT molecular complexity index is 806. The second-order valence-corrected chi connectivity index (χ2v) is 4.65. The number of nitrogens with zero attached hydrogens (tertiary/aromatic N) is 1. The lowest BCUT2D eigenvalue weighted by Gasteiger charge is -2.10. The highest BCUT2D eigenvalue weighted by Crippen LogP contribution is 2.31. The number of aromatic nitrogens is 1. The molecule has 20 heavy (non-hydrogen) atoms. The Morgan fingerprint density at radius 3 is 2.65 bits per heavy atom. The Kier molecular flexibility index (Phi) is 3.03. The van der Waals surface area contributed by atoms with E-state index in [1.165, 1.54) is 25.1 Å². The SMILES string of the molecule is CC(=O)c1ccc(F)cc1-c1cncc2ccccc12. The van der Waals surface area contributed by atoms with E-state index in [0.717, 1.165) is 16.3 Å². The molecule has 1 heterocycles. The van der Waals surface area contributed by atoms with Crippen molar-refractivity contribution in [1.29, 1.82) is 0 Å². The number of halogens is 1. The van der Waals surface area contributed by atoms with Gasteiger partial charge in [-0.15, -0.1) is 0 Å². The normalized spacial score (nSPS) is 10.7. The van der Waals surface area contributed by atoms with Gasteiger partial charge in [0.1, 0.15) is 5.82 Å². The minimum atomic E-state index is -0.363. The summed E-state index contributed by atoms with van der Waals surface area (Å²) in [5, 5.41) is 1.92. The van der Waals surface area contributed by atoms with Crippen molar-refractivity contribution >= 4 is 16.6 Å². The number of fused-ring (bicyclic) bond motifs is 1. The minimum absolute atomic E-state index is 0.0899. The van der Waals surface area contributed by atoms with E-state index < -0.39 is 0 Å². The molecule has 3 rings (SSSR count). The average molecular weight is 265 g/mol. The summed E-state index contributed by atoms with van der Waals surface area (Å²) in [7, 11) is 0. The van der Waals surface area contributed by atoms with Crippen LogP contribution in [0.1, 0.15) is 17.3 Å². The molecule has 0 saturated heterocycles. The zero-order chi connectivity index (χ0) is 14.1. The number of carbonyl (C=O) groups excluding carboxylic acids is 1. The summed E-state index contributed by atoms with van der Waals surface area (Å²) in [5.74, 6) is -0.453. The predicted molar refractivity (Wildman–Crippen MR) is 77.1 cm³/mol. The van der Waals surface area contributed by atoms with E-state index in [1.54, 1.807) is 12.4 Å². The third kappa shape index (κ3) is 2.07. The van der Waals surface area contributed by atoms with Gasteiger partial charge in [0.05, 0.1) is 0 Å². The maximum absolute atomic E-state index is 13.6. The molecule has 3 aromatic rings. The first kappa shape index (κ1) is 12.5. The lowest BCUT2D eigenvalue weighted by atomic mass is 9.95. The topological polar surface area (TPSA) is 30.0 Å². The van der Waals surface area contributed by atoms with Crippen LogP contribution < -0.4 is 0 Å². The maximum atomic E-state index is 13.6. The molecule has 0 amide bonds. The Balaban J connectivity index is 2.36. The summed E-state index contributed by atoms with van der Waals surface area (Å²) in [4.78, 5) is 15.9. The van der Waals surface area contributed by atoms with Crippen molar-refractivity contribution in [2.45, 2.75) is 6.92 Å². The second kappa shape index (κ2) is 4.85. The monoisotopic (exact) mass is 265 g/mol. The van der Waals surface area contributed by atoms with Crippen LogP contribution in [0.2, 0.25) is 0 Å². The van der Waals surface area contributed by atoms with Gasteiger partial charge in [0.25, 0.3) is 0 Å². The van der Waals surface area contributed by atoms with Crippen molar-refractivity contribution in [3.05, 3.63) is 66.2 Å². The zero-order valence-electron chi connectivity index (χ0n) is 10.9. The van der Waals surface area contributed by atoms with Crippen LogP contribution in [0.25, 0.3) is 21.9 Å². The molecule has 98 valence electrons. The van der Waals surface area contributed by atoms with Gasteiger partial charge in [-0.2, -0.15) is 0 Å². The number of benzene rings is 2. The van der Waals surface area contributed by atoms with E-state index in [0.29, 0.717) is 11.1 Å². The quantitative estimate of drug-likeness (QED) is 0.648. The van der Waals surface area contributed by atoms with E-state index in [4.69, 9.17) is 0 Å². The molecule has 0 aliphatic rings. The fourth-order valence-corrected chi connectivity index (χ4v) is 2.38. The lowest BCUT2D eigenvalue weighted by Crippen LogP contribution is -1.98. The molecule has 0 aliphatic heterocycles. The Hall–Kier alpha value is -2.55. The molecule has 0 saturated carbocycles. The van der Waals surface area contributed by atoms with Crippen LogP contribution >= 0.6 is 0 Å². The van der Waals surface area contributed by atoms with E-state index in [2.05, 4.69) is 4.98 Å². The molecule has 3 heteroatoms. The van der Waals surface area contributed by atoms with Crippen LogP contribution in [0.15, 0.2) is 54.9 Å². The summed E-state index contributed by atoms with van der Waals surface area (Å²) in [6, 6.07) is 11.9. The van der Waals surface area contributed by atoms with E-state index >= 15 is 0 Å². The Morgan fingerprint density at radius 2 is 1.85 bits per heavy atom. The molecule has 1 aromatic heterocycles. The fourth-order valence-electron chi connectivity index (χ4n) is 2.38. The summed E-state index contributed by atoms with van der Waals surface area (Å²) < 4.78 is 13.6. The second-order valence-electron chi connectivity index (χ2n) is 4.65. The minimum Gasteiger partial charge on any atom is -0.294 e. The van der Waals surface area contributed by atoms with E-state index in [-0.39, 0.29) is 11.6 Å². The highest BCUT2D eigenvalue weighted by Gasteiger charge is 2.13. The van der Waals surface area contributed by atoms with Crippen molar-refractivity contribution in [3.8, 4) is 11.1 Å².